The van der Waals surface area contributed by atoms with Crippen molar-refractivity contribution in [2.75, 3.05) is 0 Å². The SMILES string of the molecule is CC(C)(OC(=O)CC(=O)C1CC1)c1ccc(F)cc1. The second-order valence-corrected chi connectivity index (χ2v) is 5.41. The van der Waals surface area contributed by atoms with Crippen molar-refractivity contribution >= 4 is 11.8 Å². The van der Waals surface area contributed by atoms with Gasteiger partial charge in [0.25, 0.3) is 0 Å². The van der Waals surface area contributed by atoms with Gasteiger partial charge in [-0.05, 0) is 44.4 Å². The summed E-state index contributed by atoms with van der Waals surface area (Å²) in [5.41, 5.74) is -0.171. The van der Waals surface area contributed by atoms with Crippen LogP contribution in [0.3, 0.4) is 0 Å². The molecule has 19 heavy (non-hydrogen) atoms. The first-order valence-corrected chi connectivity index (χ1v) is 6.39. The fourth-order valence-electron chi connectivity index (χ4n) is 1.92. The number of benzene rings is 1. The molecule has 0 heterocycles. The Morgan fingerprint density at radius 2 is 1.84 bits per heavy atom. The predicted molar refractivity (Wildman–Crippen MR) is 67.9 cm³/mol. The lowest BCUT2D eigenvalue weighted by atomic mass is 9.98. The van der Waals surface area contributed by atoms with E-state index in [2.05, 4.69) is 0 Å². The lowest BCUT2D eigenvalue weighted by Gasteiger charge is -2.25. The zero-order valence-corrected chi connectivity index (χ0v) is 11.1. The second-order valence-electron chi connectivity index (χ2n) is 5.41. The summed E-state index contributed by atoms with van der Waals surface area (Å²) in [7, 11) is 0. The standard InChI is InChI=1S/C15H17FO3/c1-15(2,11-5-7-12(16)8-6-11)19-14(18)9-13(17)10-3-4-10/h5-8,10H,3-4,9H2,1-2H3. The van der Waals surface area contributed by atoms with E-state index in [9.17, 15) is 14.0 Å². The maximum atomic E-state index is 12.9. The molecule has 3 nitrogen and oxygen atoms in total. The molecule has 0 aliphatic heterocycles. The molecule has 4 heteroatoms. The van der Waals surface area contributed by atoms with E-state index in [0.717, 1.165) is 12.8 Å². The van der Waals surface area contributed by atoms with Crippen molar-refractivity contribution in [3.05, 3.63) is 35.6 Å². The summed E-state index contributed by atoms with van der Waals surface area (Å²) < 4.78 is 18.2. The Bertz CT molecular complexity index is 487. The summed E-state index contributed by atoms with van der Waals surface area (Å²) in [6.45, 7) is 3.44. The van der Waals surface area contributed by atoms with Crippen molar-refractivity contribution in [2.45, 2.75) is 38.7 Å². The van der Waals surface area contributed by atoms with Crippen LogP contribution in [0.2, 0.25) is 0 Å². The van der Waals surface area contributed by atoms with Gasteiger partial charge in [-0.3, -0.25) is 9.59 Å². The number of ether oxygens (including phenoxy) is 1. The number of rotatable bonds is 5. The number of hydrogen-bond donors (Lipinski definition) is 0. The van der Waals surface area contributed by atoms with Crippen molar-refractivity contribution in [2.24, 2.45) is 5.92 Å². The molecule has 0 aromatic heterocycles. The zero-order chi connectivity index (χ0) is 14.0. The highest BCUT2D eigenvalue weighted by Gasteiger charge is 2.33. The number of ketones is 1. The molecule has 1 aliphatic rings. The van der Waals surface area contributed by atoms with E-state index in [-0.39, 0.29) is 23.9 Å². The Morgan fingerprint density at radius 3 is 2.37 bits per heavy atom. The average molecular weight is 264 g/mol. The predicted octanol–water partition coefficient (Wildman–Crippen LogP) is 2.97. The van der Waals surface area contributed by atoms with Crippen LogP contribution in [0.1, 0.15) is 38.7 Å². The van der Waals surface area contributed by atoms with Crippen LogP contribution in [0.5, 0.6) is 0 Å². The smallest absolute Gasteiger partial charge is 0.314 e. The Balaban J connectivity index is 1.97. The van der Waals surface area contributed by atoms with Crippen LogP contribution < -0.4 is 0 Å². The van der Waals surface area contributed by atoms with E-state index in [0.29, 0.717) is 5.56 Å². The third-order valence-electron chi connectivity index (χ3n) is 3.26. The molecule has 102 valence electrons. The summed E-state index contributed by atoms with van der Waals surface area (Å²) >= 11 is 0. The molecule has 0 unspecified atom stereocenters. The zero-order valence-electron chi connectivity index (χ0n) is 11.1. The summed E-state index contributed by atoms with van der Waals surface area (Å²) in [5, 5.41) is 0. The molecule has 0 amide bonds. The fourth-order valence-corrected chi connectivity index (χ4v) is 1.92. The van der Waals surface area contributed by atoms with Gasteiger partial charge in [0.15, 0.2) is 0 Å². The molecule has 0 atom stereocenters. The maximum Gasteiger partial charge on any atom is 0.314 e. The van der Waals surface area contributed by atoms with Crippen LogP contribution in [0.25, 0.3) is 0 Å². The highest BCUT2D eigenvalue weighted by atomic mass is 19.1. The van der Waals surface area contributed by atoms with E-state index in [4.69, 9.17) is 4.74 Å². The molecular weight excluding hydrogens is 247 g/mol. The molecule has 1 aliphatic carbocycles. The third kappa shape index (κ3) is 3.63. The third-order valence-corrected chi connectivity index (χ3v) is 3.26. The van der Waals surface area contributed by atoms with Crippen molar-refractivity contribution in [3.63, 3.8) is 0 Å². The average Bonchev–Trinajstić information content (AvgIpc) is 3.12. The molecule has 0 radical (unpaired) electrons. The minimum absolute atomic E-state index is 0.0418. The summed E-state index contributed by atoms with van der Waals surface area (Å²) in [6, 6.07) is 5.79. The van der Waals surface area contributed by atoms with Gasteiger partial charge in [0.1, 0.15) is 23.6 Å². The lowest BCUT2D eigenvalue weighted by Crippen LogP contribution is -2.27. The van der Waals surface area contributed by atoms with Gasteiger partial charge in [0.2, 0.25) is 0 Å². The number of esters is 1. The van der Waals surface area contributed by atoms with Crippen LogP contribution in [0, 0.1) is 11.7 Å². The van der Waals surface area contributed by atoms with Gasteiger partial charge < -0.3 is 4.74 Å². The maximum absolute atomic E-state index is 12.9. The van der Waals surface area contributed by atoms with E-state index < -0.39 is 11.6 Å². The van der Waals surface area contributed by atoms with Crippen LogP contribution >= 0.6 is 0 Å². The van der Waals surface area contributed by atoms with E-state index in [1.807, 2.05) is 0 Å². The molecule has 1 saturated carbocycles. The highest BCUT2D eigenvalue weighted by molar-refractivity contribution is 5.97. The van der Waals surface area contributed by atoms with Gasteiger partial charge in [-0.1, -0.05) is 12.1 Å². The van der Waals surface area contributed by atoms with Crippen LogP contribution in [-0.2, 0) is 19.9 Å². The number of Topliss-reactive ketones (excluding diaryl/α,β-unsaturated/α-hetero) is 1. The minimum Gasteiger partial charge on any atom is -0.454 e. The van der Waals surface area contributed by atoms with Crippen molar-refractivity contribution in [1.82, 2.24) is 0 Å². The van der Waals surface area contributed by atoms with Gasteiger partial charge in [-0.25, -0.2) is 4.39 Å². The number of carbonyl (C=O) groups excluding carboxylic acids is 2. The molecule has 0 N–H and O–H groups in total. The molecule has 1 aromatic carbocycles. The van der Waals surface area contributed by atoms with Crippen molar-refractivity contribution < 1.29 is 18.7 Å². The van der Waals surface area contributed by atoms with Crippen molar-refractivity contribution in [1.29, 1.82) is 0 Å². The molecule has 2 rings (SSSR count). The molecule has 1 aromatic rings. The van der Waals surface area contributed by atoms with Gasteiger partial charge >= 0.3 is 5.97 Å². The van der Waals surface area contributed by atoms with E-state index >= 15 is 0 Å². The minimum atomic E-state index is -0.866. The topological polar surface area (TPSA) is 43.4 Å². The molecule has 1 fully saturated rings. The summed E-state index contributed by atoms with van der Waals surface area (Å²) in [6.07, 6.45) is 1.59. The highest BCUT2D eigenvalue weighted by Crippen LogP contribution is 2.32. The Kier molecular flexibility index (Phi) is 3.69. The monoisotopic (exact) mass is 264 g/mol. The first kappa shape index (κ1) is 13.7. The number of hydrogen-bond acceptors (Lipinski definition) is 3. The first-order chi connectivity index (χ1) is 8.88. The largest absolute Gasteiger partial charge is 0.454 e. The molecule has 0 spiro atoms. The second kappa shape index (κ2) is 5.11. The van der Waals surface area contributed by atoms with Crippen LogP contribution in [0.15, 0.2) is 24.3 Å². The van der Waals surface area contributed by atoms with Gasteiger partial charge in [-0.15, -0.1) is 0 Å². The van der Waals surface area contributed by atoms with Gasteiger partial charge in [0, 0.05) is 5.92 Å². The number of halogens is 1. The van der Waals surface area contributed by atoms with Crippen LogP contribution in [-0.4, -0.2) is 11.8 Å². The van der Waals surface area contributed by atoms with Crippen molar-refractivity contribution in [3.8, 4) is 0 Å². The molecular formula is C15H17FO3. The van der Waals surface area contributed by atoms with E-state index in [1.54, 1.807) is 26.0 Å². The van der Waals surface area contributed by atoms with Gasteiger partial charge in [-0.2, -0.15) is 0 Å². The molecule has 0 bridgehead atoms. The lowest BCUT2D eigenvalue weighted by molar-refractivity contribution is -0.158. The first-order valence-electron chi connectivity index (χ1n) is 6.39. The quantitative estimate of drug-likeness (QED) is 0.606. The summed E-state index contributed by atoms with van der Waals surface area (Å²) in [4.78, 5) is 23.3. The molecule has 0 saturated heterocycles. The summed E-state index contributed by atoms with van der Waals surface area (Å²) in [5.74, 6) is -0.845. The number of carbonyl (C=O) groups is 2. The Labute approximate surface area is 111 Å². The normalized spacial score (nSPS) is 15.1. The van der Waals surface area contributed by atoms with E-state index in [1.165, 1.54) is 12.1 Å². The van der Waals surface area contributed by atoms with Gasteiger partial charge in [0.05, 0.1) is 0 Å². The van der Waals surface area contributed by atoms with Crippen LogP contribution in [0.4, 0.5) is 4.39 Å². The Hall–Kier alpha value is -1.71. The Morgan fingerprint density at radius 1 is 1.26 bits per heavy atom. The fraction of sp³-hybridized carbons (Fsp3) is 0.467.